The number of hydrogen-bond donors (Lipinski definition) is 1. The van der Waals surface area contributed by atoms with Gasteiger partial charge < -0.3 is 19.5 Å². The van der Waals surface area contributed by atoms with Gasteiger partial charge in [0, 0.05) is 44.1 Å². The molecule has 3 aromatic carbocycles. The number of thiocarbonyl (C=S) groups is 1. The van der Waals surface area contributed by atoms with Crippen molar-refractivity contribution < 1.29 is 32.3 Å². The first-order chi connectivity index (χ1) is 26.6. The largest absolute Gasteiger partial charge is 0.492 e. The summed E-state index contributed by atoms with van der Waals surface area (Å²) in [4.78, 5) is 61.8. The van der Waals surface area contributed by atoms with Crippen molar-refractivity contribution in [3.8, 4) is 17.9 Å². The average Bonchev–Trinajstić information content (AvgIpc) is 3.53. The third kappa shape index (κ3) is 6.67. The smallest absolute Gasteiger partial charge is 0.417 e. The number of piperazine rings is 1. The van der Waals surface area contributed by atoms with E-state index in [9.17, 15) is 37.6 Å². The van der Waals surface area contributed by atoms with Gasteiger partial charge in [-0.05, 0) is 86.1 Å². The molecule has 16 heteroatoms. The van der Waals surface area contributed by atoms with E-state index in [0.717, 1.165) is 22.7 Å². The summed E-state index contributed by atoms with van der Waals surface area (Å²) in [5.41, 5.74) is -1.82. The number of halogens is 3. The lowest BCUT2D eigenvalue weighted by molar-refractivity contribution is -0.138. The van der Waals surface area contributed by atoms with Crippen LogP contribution < -0.4 is 25.0 Å². The number of amides is 2. The fourth-order valence-corrected chi connectivity index (χ4v) is 7.94. The van der Waals surface area contributed by atoms with Crippen LogP contribution in [0.1, 0.15) is 62.9 Å². The van der Waals surface area contributed by atoms with Gasteiger partial charge in [-0.2, -0.15) is 23.7 Å². The number of imide groups is 1. The zero-order valence-electron chi connectivity index (χ0n) is 30.0. The Hall–Kier alpha value is -6.36. The lowest BCUT2D eigenvalue weighted by Crippen LogP contribution is -2.47. The van der Waals surface area contributed by atoms with E-state index >= 15 is 0 Å². The Kier molecular flexibility index (Phi) is 9.74. The lowest BCUT2D eigenvalue weighted by Gasteiger charge is -2.36. The molecule has 2 fully saturated rings. The van der Waals surface area contributed by atoms with Crippen molar-refractivity contribution in [2.45, 2.75) is 31.5 Å². The van der Waals surface area contributed by atoms with Gasteiger partial charge in [0.25, 0.3) is 17.4 Å². The molecule has 2 amide bonds. The first kappa shape index (κ1) is 37.9. The van der Waals surface area contributed by atoms with E-state index in [4.69, 9.17) is 22.2 Å². The quantitative estimate of drug-likeness (QED) is 0.180. The summed E-state index contributed by atoms with van der Waals surface area (Å²) in [6.45, 7) is 7.07. The van der Waals surface area contributed by atoms with Gasteiger partial charge in [-0.15, -0.1) is 0 Å². The highest BCUT2D eigenvalue weighted by Gasteiger charge is 2.52. The number of carbonyl (C=O) groups is 3. The average molecular weight is 780 g/mol. The van der Waals surface area contributed by atoms with Crippen LogP contribution in [0.5, 0.6) is 5.75 Å². The summed E-state index contributed by atoms with van der Waals surface area (Å²) >= 11 is 5.70. The molecule has 1 N–H and O–H groups in total. The number of aromatic nitrogens is 1. The second kappa shape index (κ2) is 14.4. The van der Waals surface area contributed by atoms with Crippen LogP contribution in [0.4, 0.5) is 30.2 Å². The molecule has 2 saturated heterocycles. The zero-order chi connectivity index (χ0) is 40.1. The minimum atomic E-state index is -4.77. The summed E-state index contributed by atoms with van der Waals surface area (Å²) in [6, 6.07) is 21.2. The molecule has 1 aromatic heterocycles. The Morgan fingerprint density at radius 3 is 2.18 bits per heavy atom. The third-order valence-electron chi connectivity index (χ3n) is 10.3. The number of carbonyl (C=O) groups excluding carboxylic acids is 3. The number of aromatic amines is 1. The Bertz CT molecular complexity index is 2440. The molecule has 12 nitrogen and oxygen atoms in total. The predicted molar refractivity (Wildman–Crippen MR) is 203 cm³/mol. The van der Waals surface area contributed by atoms with E-state index in [0.29, 0.717) is 50.8 Å². The summed E-state index contributed by atoms with van der Waals surface area (Å²) in [6.07, 6.45) is -4.77. The van der Waals surface area contributed by atoms with Crippen LogP contribution in [0.3, 0.4) is 0 Å². The highest BCUT2D eigenvalue weighted by molar-refractivity contribution is 7.80. The molecular formula is C40H32F3N7O5S. The molecule has 0 aliphatic carbocycles. The van der Waals surface area contributed by atoms with Gasteiger partial charge in [0.15, 0.2) is 5.78 Å². The van der Waals surface area contributed by atoms with Crippen molar-refractivity contribution in [1.29, 1.82) is 10.5 Å². The number of ketones is 1. The number of nitrogens with zero attached hydrogens (tertiary/aromatic N) is 6. The topological polar surface area (TPSA) is 154 Å². The molecule has 4 heterocycles. The molecule has 3 aliphatic heterocycles. The molecule has 0 spiro atoms. The number of fused-ring (bicyclic) bond motifs is 1. The van der Waals surface area contributed by atoms with E-state index in [1.165, 1.54) is 18.2 Å². The van der Waals surface area contributed by atoms with Crippen LogP contribution in [0.2, 0.25) is 0 Å². The Labute approximate surface area is 323 Å². The SMILES string of the molecule is CC1(C)C(=O)C(c2ccc(C#N)c(C(F)(F)F)c2)C(=S)N1c1ccc(OCCN2CCN(c3ccc4c(c3)C(=O)N(c3ccc(C#N)[nH]c3=O)C4=O)CC2)cc1. The van der Waals surface area contributed by atoms with Crippen LogP contribution in [-0.2, 0) is 11.0 Å². The monoisotopic (exact) mass is 779 g/mol. The molecule has 4 aromatic rings. The Morgan fingerprint density at radius 2 is 1.54 bits per heavy atom. The summed E-state index contributed by atoms with van der Waals surface area (Å²) in [5, 5.41) is 18.2. The fraction of sp³-hybridized carbons (Fsp3) is 0.275. The van der Waals surface area contributed by atoms with Crippen LogP contribution in [0.15, 0.2) is 77.6 Å². The number of pyridine rings is 1. The van der Waals surface area contributed by atoms with Gasteiger partial charge in [-0.3, -0.25) is 24.1 Å². The van der Waals surface area contributed by atoms with Crippen molar-refractivity contribution >= 4 is 51.9 Å². The molecule has 0 bridgehead atoms. The molecule has 1 atom stereocenters. The van der Waals surface area contributed by atoms with Gasteiger partial charge in [-0.1, -0.05) is 18.3 Å². The number of anilines is 3. The summed E-state index contributed by atoms with van der Waals surface area (Å²) in [5.74, 6) is -2.10. The predicted octanol–water partition coefficient (Wildman–Crippen LogP) is 5.42. The summed E-state index contributed by atoms with van der Waals surface area (Å²) < 4.78 is 47.1. The van der Waals surface area contributed by atoms with Crippen molar-refractivity contribution in [2.24, 2.45) is 0 Å². The van der Waals surface area contributed by atoms with Crippen LogP contribution in [0.25, 0.3) is 0 Å². The van der Waals surface area contributed by atoms with Gasteiger partial charge in [0.2, 0.25) is 0 Å². The number of benzene rings is 3. The van der Waals surface area contributed by atoms with E-state index < -0.39 is 46.1 Å². The van der Waals surface area contributed by atoms with Crippen LogP contribution in [-0.4, -0.2) is 77.3 Å². The number of ether oxygens (including phenoxy) is 1. The van der Waals surface area contributed by atoms with Gasteiger partial charge in [0.1, 0.15) is 29.8 Å². The second-order valence-corrected chi connectivity index (χ2v) is 14.4. The van der Waals surface area contributed by atoms with Crippen molar-refractivity contribution in [3.63, 3.8) is 0 Å². The van der Waals surface area contributed by atoms with Crippen LogP contribution >= 0.6 is 12.2 Å². The first-order valence-corrected chi connectivity index (χ1v) is 17.9. The molecule has 284 valence electrons. The second-order valence-electron chi connectivity index (χ2n) is 14.0. The molecule has 0 radical (unpaired) electrons. The highest BCUT2D eigenvalue weighted by Crippen LogP contribution is 2.43. The minimum Gasteiger partial charge on any atom is -0.492 e. The molecular weight excluding hydrogens is 748 g/mol. The van der Waals surface area contributed by atoms with E-state index in [-0.39, 0.29) is 38.8 Å². The number of nitrogens with one attached hydrogen (secondary N) is 1. The van der Waals surface area contributed by atoms with Gasteiger partial charge in [0.05, 0.1) is 44.8 Å². The van der Waals surface area contributed by atoms with Crippen molar-refractivity contribution in [1.82, 2.24) is 9.88 Å². The molecule has 56 heavy (non-hydrogen) atoms. The lowest BCUT2D eigenvalue weighted by atomic mass is 9.88. The van der Waals surface area contributed by atoms with Crippen LogP contribution in [0, 0.1) is 22.7 Å². The maximum atomic E-state index is 13.7. The minimum absolute atomic E-state index is 0.0145. The molecule has 7 rings (SSSR count). The number of H-pyrrole nitrogens is 1. The maximum absolute atomic E-state index is 13.7. The van der Waals surface area contributed by atoms with Gasteiger partial charge in [-0.25, -0.2) is 4.90 Å². The zero-order valence-corrected chi connectivity index (χ0v) is 30.8. The summed E-state index contributed by atoms with van der Waals surface area (Å²) in [7, 11) is 0. The van der Waals surface area contributed by atoms with E-state index in [1.54, 1.807) is 67.3 Å². The highest BCUT2D eigenvalue weighted by atomic mass is 32.1. The number of hydrogen-bond acceptors (Lipinski definition) is 10. The van der Waals surface area contributed by atoms with E-state index in [2.05, 4.69) is 14.8 Å². The molecule has 3 aliphatic rings. The van der Waals surface area contributed by atoms with E-state index in [1.807, 2.05) is 6.07 Å². The maximum Gasteiger partial charge on any atom is 0.417 e. The fourth-order valence-electron chi connectivity index (χ4n) is 7.36. The Balaban J connectivity index is 0.939. The Morgan fingerprint density at radius 1 is 0.857 bits per heavy atom. The standard InChI is InChI=1S/C40H32F3N7O5S/c1-39(2)34(51)33(23-3-4-24(21-44)31(19-23)40(41,42)43)38(56)50(39)26-6-9-28(10-7-26)55-18-17-47-13-15-48(16-14-47)27-8-11-29-30(20-27)37(54)49(36(29)53)32-12-5-25(22-45)46-35(32)52/h3-12,19-20,33H,13-18H2,1-2H3,(H,46,52). The molecule has 0 saturated carbocycles. The van der Waals surface area contributed by atoms with Crippen molar-refractivity contribution in [3.05, 3.63) is 117 Å². The first-order valence-electron chi connectivity index (χ1n) is 17.5. The number of Topliss-reactive ketones (excluding diaryl/α,β-unsaturated/α-hetero) is 1. The number of rotatable bonds is 8. The van der Waals surface area contributed by atoms with Crippen molar-refractivity contribution in [2.75, 3.05) is 54.0 Å². The third-order valence-corrected chi connectivity index (χ3v) is 10.7. The van der Waals surface area contributed by atoms with Gasteiger partial charge >= 0.3 is 6.18 Å². The number of alkyl halides is 3. The normalized spacial score (nSPS) is 18.3. The number of nitriles is 2. The molecule has 1 unspecified atom stereocenters.